The van der Waals surface area contributed by atoms with E-state index in [4.69, 9.17) is 4.74 Å². The summed E-state index contributed by atoms with van der Waals surface area (Å²) in [5, 5.41) is 10.2. The van der Waals surface area contributed by atoms with Crippen molar-refractivity contribution in [3.8, 4) is 0 Å². The summed E-state index contributed by atoms with van der Waals surface area (Å²) < 4.78 is 5.36. The number of hydrogen-bond donors (Lipinski definition) is 1. The van der Waals surface area contributed by atoms with E-state index in [1.54, 1.807) is 0 Å². The number of ether oxygens (including phenoxy) is 1. The SMILES string of the molecule is C[C@@H]1CC2OC(=O)C[C@@H]2[C@H]1/C=C/[C@@H](O)CCc1ccccc1. The van der Waals surface area contributed by atoms with E-state index in [1.807, 2.05) is 24.3 Å². The van der Waals surface area contributed by atoms with Gasteiger partial charge < -0.3 is 9.84 Å². The third-order valence-electron chi connectivity index (χ3n) is 5.05. The zero-order valence-electron chi connectivity index (χ0n) is 13.0. The number of aryl methyl sites for hydroxylation is 1. The van der Waals surface area contributed by atoms with Crippen LogP contribution >= 0.6 is 0 Å². The summed E-state index contributed by atoms with van der Waals surface area (Å²) in [7, 11) is 0. The summed E-state index contributed by atoms with van der Waals surface area (Å²) in [6.07, 6.45) is 6.78. The Morgan fingerprint density at radius 3 is 2.91 bits per heavy atom. The molecule has 1 aliphatic heterocycles. The summed E-state index contributed by atoms with van der Waals surface area (Å²) in [5.41, 5.74) is 1.25. The zero-order chi connectivity index (χ0) is 15.5. The summed E-state index contributed by atoms with van der Waals surface area (Å²) >= 11 is 0. The van der Waals surface area contributed by atoms with Crippen molar-refractivity contribution in [1.29, 1.82) is 0 Å². The minimum absolute atomic E-state index is 0.0649. The van der Waals surface area contributed by atoms with Crippen LogP contribution in [0.1, 0.15) is 31.7 Å². The van der Waals surface area contributed by atoms with E-state index < -0.39 is 6.10 Å². The number of carbonyl (C=O) groups excluding carboxylic acids is 1. The van der Waals surface area contributed by atoms with Crippen LogP contribution < -0.4 is 0 Å². The fourth-order valence-electron chi connectivity index (χ4n) is 3.83. The second kappa shape index (κ2) is 6.66. The Balaban J connectivity index is 1.53. The molecule has 0 amide bonds. The molecule has 1 heterocycles. The first-order valence-corrected chi connectivity index (χ1v) is 8.23. The maximum Gasteiger partial charge on any atom is 0.306 e. The highest BCUT2D eigenvalue weighted by atomic mass is 16.6. The van der Waals surface area contributed by atoms with Crippen LogP contribution in [0.4, 0.5) is 0 Å². The maximum absolute atomic E-state index is 11.4. The molecule has 3 nitrogen and oxygen atoms in total. The Kier molecular flexibility index (Phi) is 4.63. The quantitative estimate of drug-likeness (QED) is 0.671. The van der Waals surface area contributed by atoms with Gasteiger partial charge in [-0.1, -0.05) is 49.4 Å². The van der Waals surface area contributed by atoms with Crippen LogP contribution in [-0.4, -0.2) is 23.3 Å². The van der Waals surface area contributed by atoms with Crippen LogP contribution in [0.3, 0.4) is 0 Å². The van der Waals surface area contributed by atoms with Crippen molar-refractivity contribution in [1.82, 2.24) is 0 Å². The minimum Gasteiger partial charge on any atom is -0.462 e. The Morgan fingerprint density at radius 1 is 1.36 bits per heavy atom. The number of allylic oxidation sites excluding steroid dienone is 1. The van der Waals surface area contributed by atoms with E-state index in [2.05, 4.69) is 25.1 Å². The van der Waals surface area contributed by atoms with Gasteiger partial charge in [-0.25, -0.2) is 0 Å². The summed E-state index contributed by atoms with van der Waals surface area (Å²) in [6, 6.07) is 10.2. The number of hydrogen-bond acceptors (Lipinski definition) is 3. The van der Waals surface area contributed by atoms with E-state index >= 15 is 0 Å². The minimum atomic E-state index is -0.426. The average Bonchev–Trinajstić information content (AvgIpc) is 2.99. The molecule has 1 saturated heterocycles. The molecular formula is C19H24O3. The van der Waals surface area contributed by atoms with Crippen molar-refractivity contribution >= 4 is 5.97 Å². The topological polar surface area (TPSA) is 46.5 Å². The van der Waals surface area contributed by atoms with Gasteiger partial charge in [-0.2, -0.15) is 0 Å². The molecule has 3 rings (SSSR count). The average molecular weight is 300 g/mol. The van der Waals surface area contributed by atoms with Gasteiger partial charge in [0.2, 0.25) is 0 Å². The van der Waals surface area contributed by atoms with Gasteiger partial charge in [0.05, 0.1) is 12.5 Å². The molecule has 0 aromatic heterocycles. The van der Waals surface area contributed by atoms with Crippen LogP contribution in [0.25, 0.3) is 0 Å². The number of aliphatic hydroxyl groups excluding tert-OH is 1. The molecule has 3 heteroatoms. The van der Waals surface area contributed by atoms with Crippen LogP contribution in [0.2, 0.25) is 0 Å². The van der Waals surface area contributed by atoms with Crippen molar-refractivity contribution in [2.45, 2.75) is 44.8 Å². The molecule has 0 bridgehead atoms. The smallest absolute Gasteiger partial charge is 0.306 e. The first kappa shape index (κ1) is 15.3. The van der Waals surface area contributed by atoms with Gasteiger partial charge in [0.25, 0.3) is 0 Å². The lowest BCUT2D eigenvalue weighted by Crippen LogP contribution is -2.14. The molecular weight excluding hydrogens is 276 g/mol. The Bertz CT molecular complexity index is 537. The maximum atomic E-state index is 11.4. The highest BCUT2D eigenvalue weighted by Gasteiger charge is 2.47. The van der Waals surface area contributed by atoms with Crippen molar-refractivity contribution in [2.24, 2.45) is 17.8 Å². The second-order valence-electron chi connectivity index (χ2n) is 6.66. The predicted octanol–water partition coefficient (Wildman–Crippen LogP) is 3.12. The van der Waals surface area contributed by atoms with E-state index in [1.165, 1.54) is 5.56 Å². The molecule has 2 fully saturated rings. The molecule has 2 aliphatic rings. The van der Waals surface area contributed by atoms with Crippen molar-refractivity contribution in [3.05, 3.63) is 48.0 Å². The number of esters is 1. The van der Waals surface area contributed by atoms with Crippen molar-refractivity contribution in [3.63, 3.8) is 0 Å². The van der Waals surface area contributed by atoms with E-state index in [0.29, 0.717) is 24.2 Å². The zero-order valence-corrected chi connectivity index (χ0v) is 13.0. The van der Waals surface area contributed by atoms with Gasteiger partial charge in [-0.15, -0.1) is 0 Å². The van der Waals surface area contributed by atoms with E-state index in [-0.39, 0.29) is 12.1 Å². The van der Waals surface area contributed by atoms with Gasteiger partial charge in [0.15, 0.2) is 0 Å². The summed E-state index contributed by atoms with van der Waals surface area (Å²) in [5.74, 6) is 1.11. The molecule has 1 aromatic carbocycles. The molecule has 0 radical (unpaired) electrons. The van der Waals surface area contributed by atoms with Gasteiger partial charge >= 0.3 is 5.97 Å². The molecule has 1 aromatic rings. The number of fused-ring (bicyclic) bond motifs is 1. The number of carbonyl (C=O) groups is 1. The molecule has 5 atom stereocenters. The number of rotatable bonds is 5. The number of aliphatic hydroxyl groups is 1. The lowest BCUT2D eigenvalue weighted by Gasteiger charge is -2.16. The van der Waals surface area contributed by atoms with Crippen LogP contribution in [-0.2, 0) is 16.0 Å². The van der Waals surface area contributed by atoms with Crippen molar-refractivity contribution < 1.29 is 14.6 Å². The fourth-order valence-corrected chi connectivity index (χ4v) is 3.83. The standard InChI is InChI=1S/C19H24O3/c1-13-11-18-17(12-19(21)22-18)16(13)10-9-15(20)8-7-14-5-3-2-4-6-14/h2-6,9-10,13,15-18,20H,7-8,11-12H2,1H3/b10-9+/t13-,15+,16+,17-,18?/m1/s1. The van der Waals surface area contributed by atoms with Gasteiger partial charge in [-0.05, 0) is 36.7 Å². The molecule has 1 aliphatic carbocycles. The van der Waals surface area contributed by atoms with Gasteiger partial charge in [0.1, 0.15) is 6.10 Å². The third kappa shape index (κ3) is 3.41. The Morgan fingerprint density at radius 2 is 2.14 bits per heavy atom. The van der Waals surface area contributed by atoms with Gasteiger partial charge in [-0.3, -0.25) is 4.79 Å². The largest absolute Gasteiger partial charge is 0.462 e. The highest BCUT2D eigenvalue weighted by Crippen LogP contribution is 2.45. The highest BCUT2D eigenvalue weighted by molar-refractivity contribution is 5.72. The first-order valence-electron chi connectivity index (χ1n) is 8.23. The molecule has 0 spiro atoms. The lowest BCUT2D eigenvalue weighted by molar-refractivity contribution is -0.141. The molecule has 1 unspecified atom stereocenters. The molecule has 22 heavy (non-hydrogen) atoms. The molecule has 118 valence electrons. The third-order valence-corrected chi connectivity index (χ3v) is 5.05. The summed E-state index contributed by atoms with van der Waals surface area (Å²) in [6.45, 7) is 2.21. The first-order chi connectivity index (χ1) is 10.6. The Labute approximate surface area is 132 Å². The van der Waals surface area contributed by atoms with Crippen LogP contribution in [0, 0.1) is 17.8 Å². The monoisotopic (exact) mass is 300 g/mol. The fraction of sp³-hybridized carbons (Fsp3) is 0.526. The van der Waals surface area contributed by atoms with Crippen molar-refractivity contribution in [2.75, 3.05) is 0 Å². The van der Waals surface area contributed by atoms with Gasteiger partial charge in [0, 0.05) is 5.92 Å². The van der Waals surface area contributed by atoms with Crippen LogP contribution in [0.5, 0.6) is 0 Å². The normalized spacial score (nSPS) is 32.2. The number of benzene rings is 1. The Hall–Kier alpha value is -1.61. The molecule has 1 saturated carbocycles. The van der Waals surface area contributed by atoms with E-state index in [9.17, 15) is 9.90 Å². The van der Waals surface area contributed by atoms with E-state index in [0.717, 1.165) is 19.3 Å². The summed E-state index contributed by atoms with van der Waals surface area (Å²) in [4.78, 5) is 11.4. The molecule has 1 N–H and O–H groups in total. The predicted molar refractivity (Wildman–Crippen MR) is 85.2 cm³/mol. The van der Waals surface area contributed by atoms with Crippen LogP contribution in [0.15, 0.2) is 42.5 Å². The second-order valence-corrected chi connectivity index (χ2v) is 6.66. The lowest BCUT2D eigenvalue weighted by atomic mass is 9.88.